The molecule has 1 aromatic rings. The lowest BCUT2D eigenvalue weighted by Gasteiger charge is -2.16. The summed E-state index contributed by atoms with van der Waals surface area (Å²) < 4.78 is 0. The summed E-state index contributed by atoms with van der Waals surface area (Å²) >= 11 is 1.83. The Hall–Kier alpha value is -0.890. The van der Waals surface area contributed by atoms with E-state index in [9.17, 15) is 0 Å². The first kappa shape index (κ1) is 13.2. The van der Waals surface area contributed by atoms with Gasteiger partial charge in [0.05, 0.1) is 0 Å². The second kappa shape index (κ2) is 7.39. The maximum absolute atomic E-state index is 3.75. The van der Waals surface area contributed by atoms with E-state index in [2.05, 4.69) is 50.0 Å². The molecule has 0 amide bonds. The van der Waals surface area contributed by atoms with Crippen LogP contribution in [-0.2, 0) is 0 Å². The Kier molecular flexibility index (Phi) is 6.09. The molecule has 0 fully saturated rings. The lowest BCUT2D eigenvalue weighted by Crippen LogP contribution is -2.14. The number of rotatable bonds is 7. The zero-order valence-electron chi connectivity index (χ0n) is 10.2. The zero-order valence-corrected chi connectivity index (χ0v) is 11.0. The van der Waals surface area contributed by atoms with E-state index in [1.807, 2.05) is 17.8 Å². The Bertz CT molecular complexity index is 322. The predicted molar refractivity (Wildman–Crippen MR) is 75.4 cm³/mol. The minimum Gasteiger partial charge on any atom is -0.382 e. The van der Waals surface area contributed by atoms with E-state index in [0.29, 0.717) is 6.04 Å². The maximum Gasteiger partial charge on any atom is 0.0480 e. The van der Waals surface area contributed by atoms with Gasteiger partial charge in [0.15, 0.2) is 0 Å². The molecule has 0 bridgehead atoms. The normalized spacial score (nSPS) is 12.1. The van der Waals surface area contributed by atoms with Crippen LogP contribution in [0.15, 0.2) is 41.8 Å². The Morgan fingerprint density at radius 2 is 2.19 bits per heavy atom. The quantitative estimate of drug-likeness (QED) is 0.549. The lowest BCUT2D eigenvalue weighted by molar-refractivity contribution is 0.689. The number of hydrogen-bond donors (Lipinski definition) is 1. The highest BCUT2D eigenvalue weighted by Crippen LogP contribution is 2.27. The predicted octanol–water partition coefficient (Wildman–Crippen LogP) is 4.57. The van der Waals surface area contributed by atoms with E-state index < -0.39 is 0 Å². The smallest absolute Gasteiger partial charge is 0.0480 e. The highest BCUT2D eigenvalue weighted by Gasteiger charge is 2.04. The van der Waals surface area contributed by atoms with Gasteiger partial charge in [-0.15, -0.1) is 18.3 Å². The molecule has 1 rings (SSSR count). The molecule has 0 saturated carbocycles. The van der Waals surface area contributed by atoms with Gasteiger partial charge in [-0.25, -0.2) is 0 Å². The molecular formula is C14H21NS. The molecule has 16 heavy (non-hydrogen) atoms. The lowest BCUT2D eigenvalue weighted by atomic mass is 10.2. The largest absolute Gasteiger partial charge is 0.382 e. The first-order valence-electron chi connectivity index (χ1n) is 5.87. The number of benzene rings is 1. The van der Waals surface area contributed by atoms with Gasteiger partial charge in [0, 0.05) is 22.4 Å². The molecule has 88 valence electrons. The van der Waals surface area contributed by atoms with Crippen molar-refractivity contribution in [3.63, 3.8) is 0 Å². The molecule has 1 unspecified atom stereocenters. The monoisotopic (exact) mass is 235 g/mol. The van der Waals surface area contributed by atoms with Gasteiger partial charge < -0.3 is 5.32 Å². The molecule has 0 aromatic heterocycles. The van der Waals surface area contributed by atoms with E-state index in [0.717, 1.165) is 5.75 Å². The fraction of sp³-hybridized carbons (Fsp3) is 0.429. The summed E-state index contributed by atoms with van der Waals surface area (Å²) in [7, 11) is 0. The van der Waals surface area contributed by atoms with Gasteiger partial charge in [-0.05, 0) is 25.5 Å². The van der Waals surface area contributed by atoms with Crippen molar-refractivity contribution in [2.75, 3.05) is 11.1 Å². The van der Waals surface area contributed by atoms with Crippen molar-refractivity contribution in [3.8, 4) is 0 Å². The Balaban J connectivity index is 2.66. The molecule has 0 aliphatic rings. The van der Waals surface area contributed by atoms with Crippen molar-refractivity contribution in [3.05, 3.63) is 36.9 Å². The van der Waals surface area contributed by atoms with Crippen LogP contribution in [0.4, 0.5) is 5.69 Å². The average Bonchev–Trinajstić information content (AvgIpc) is 2.28. The number of hydrogen-bond acceptors (Lipinski definition) is 2. The van der Waals surface area contributed by atoms with Crippen LogP contribution < -0.4 is 5.32 Å². The summed E-state index contributed by atoms with van der Waals surface area (Å²) in [6, 6.07) is 9.02. The van der Waals surface area contributed by atoms with Crippen LogP contribution in [0.3, 0.4) is 0 Å². The molecule has 0 aliphatic heterocycles. The van der Waals surface area contributed by atoms with Crippen LogP contribution in [0, 0.1) is 0 Å². The molecule has 2 heteroatoms. The van der Waals surface area contributed by atoms with Crippen LogP contribution in [0.5, 0.6) is 0 Å². The van der Waals surface area contributed by atoms with E-state index in [4.69, 9.17) is 0 Å². The highest BCUT2D eigenvalue weighted by atomic mass is 32.2. The van der Waals surface area contributed by atoms with Crippen LogP contribution in [-0.4, -0.2) is 11.8 Å². The van der Waals surface area contributed by atoms with Crippen LogP contribution in [0.2, 0.25) is 0 Å². The summed E-state index contributed by atoms with van der Waals surface area (Å²) in [6.45, 7) is 8.21. The fourth-order valence-electron chi connectivity index (χ4n) is 1.63. The van der Waals surface area contributed by atoms with Gasteiger partial charge in [0.1, 0.15) is 0 Å². The molecule has 0 aliphatic carbocycles. The fourth-order valence-corrected chi connectivity index (χ4v) is 2.39. The van der Waals surface area contributed by atoms with E-state index in [-0.39, 0.29) is 0 Å². The SMILES string of the molecule is C=CCSc1ccccc1NC(C)CCC. The molecule has 0 saturated heterocycles. The van der Waals surface area contributed by atoms with Gasteiger partial charge >= 0.3 is 0 Å². The van der Waals surface area contributed by atoms with Gasteiger partial charge in [-0.1, -0.05) is 31.6 Å². The topological polar surface area (TPSA) is 12.0 Å². The van der Waals surface area contributed by atoms with Crippen LogP contribution in [0.1, 0.15) is 26.7 Å². The summed E-state index contributed by atoms with van der Waals surface area (Å²) in [5.74, 6) is 0.959. The third-order valence-electron chi connectivity index (χ3n) is 2.37. The number of anilines is 1. The van der Waals surface area contributed by atoms with Gasteiger partial charge in [-0.3, -0.25) is 0 Å². The summed E-state index contributed by atoms with van der Waals surface area (Å²) in [6.07, 6.45) is 4.37. The molecule has 1 nitrogen and oxygen atoms in total. The van der Waals surface area contributed by atoms with E-state index >= 15 is 0 Å². The van der Waals surface area contributed by atoms with Gasteiger partial charge in [-0.2, -0.15) is 0 Å². The molecule has 0 radical (unpaired) electrons. The molecule has 1 N–H and O–H groups in total. The van der Waals surface area contributed by atoms with Crippen molar-refractivity contribution in [1.82, 2.24) is 0 Å². The van der Waals surface area contributed by atoms with Crippen LogP contribution in [0.25, 0.3) is 0 Å². The average molecular weight is 235 g/mol. The minimum atomic E-state index is 0.537. The van der Waals surface area contributed by atoms with Crippen molar-refractivity contribution in [1.29, 1.82) is 0 Å². The second-order valence-corrected chi connectivity index (χ2v) is 4.99. The first-order chi connectivity index (χ1) is 7.77. The standard InChI is InChI=1S/C14H21NS/c1-4-8-12(3)15-13-9-6-7-10-14(13)16-11-5-2/h5-7,9-10,12,15H,2,4,8,11H2,1,3H3. The Morgan fingerprint density at radius 1 is 1.44 bits per heavy atom. The number of thioether (sulfide) groups is 1. The van der Waals surface area contributed by atoms with E-state index in [1.165, 1.54) is 23.4 Å². The first-order valence-corrected chi connectivity index (χ1v) is 6.85. The summed E-state index contributed by atoms with van der Waals surface area (Å²) in [5.41, 5.74) is 1.25. The van der Waals surface area contributed by atoms with Crippen LogP contribution >= 0.6 is 11.8 Å². The van der Waals surface area contributed by atoms with E-state index in [1.54, 1.807) is 0 Å². The minimum absolute atomic E-state index is 0.537. The third-order valence-corrected chi connectivity index (χ3v) is 3.44. The Morgan fingerprint density at radius 3 is 2.88 bits per heavy atom. The highest BCUT2D eigenvalue weighted by molar-refractivity contribution is 7.99. The van der Waals surface area contributed by atoms with Crippen molar-refractivity contribution < 1.29 is 0 Å². The Labute approximate surface area is 103 Å². The number of para-hydroxylation sites is 1. The maximum atomic E-state index is 3.75. The summed E-state index contributed by atoms with van der Waals surface area (Å²) in [5, 5.41) is 3.57. The second-order valence-electron chi connectivity index (χ2n) is 3.93. The van der Waals surface area contributed by atoms with Gasteiger partial charge in [0.2, 0.25) is 0 Å². The number of nitrogens with one attached hydrogen (secondary N) is 1. The molecule has 1 aromatic carbocycles. The molecule has 1 atom stereocenters. The van der Waals surface area contributed by atoms with Crippen molar-refractivity contribution >= 4 is 17.4 Å². The van der Waals surface area contributed by atoms with Gasteiger partial charge in [0.25, 0.3) is 0 Å². The van der Waals surface area contributed by atoms with Crippen molar-refractivity contribution in [2.24, 2.45) is 0 Å². The zero-order chi connectivity index (χ0) is 11.8. The van der Waals surface area contributed by atoms with Crippen molar-refractivity contribution in [2.45, 2.75) is 37.6 Å². The summed E-state index contributed by atoms with van der Waals surface area (Å²) in [4.78, 5) is 1.31. The molecule has 0 spiro atoms. The third kappa shape index (κ3) is 4.31. The molecule has 0 heterocycles. The molecular weight excluding hydrogens is 214 g/mol.